The van der Waals surface area contributed by atoms with Crippen LogP contribution in [-0.4, -0.2) is 31.3 Å². The van der Waals surface area contributed by atoms with E-state index in [-0.39, 0.29) is 5.91 Å². The molecule has 0 radical (unpaired) electrons. The van der Waals surface area contributed by atoms with Crippen LogP contribution in [0.2, 0.25) is 0 Å². The van der Waals surface area contributed by atoms with Gasteiger partial charge >= 0.3 is 0 Å². The number of aromatic nitrogens is 1. The lowest BCUT2D eigenvalue weighted by Crippen LogP contribution is -2.27. The molecule has 6 heteroatoms. The number of hydrogen-bond acceptors (Lipinski definition) is 5. The number of methoxy groups -OCH3 is 1. The summed E-state index contributed by atoms with van der Waals surface area (Å²) in [5, 5.41) is 6.52. The molecule has 96 valence electrons. The molecule has 1 amide bonds. The normalized spacial score (nSPS) is 10.6. The Morgan fingerprint density at radius 1 is 1.56 bits per heavy atom. The molecule has 2 aromatic rings. The zero-order valence-electron chi connectivity index (χ0n) is 10.2. The van der Waals surface area contributed by atoms with Crippen LogP contribution in [0.15, 0.2) is 27.3 Å². The third-order valence-corrected chi connectivity index (χ3v) is 2.43. The summed E-state index contributed by atoms with van der Waals surface area (Å²) in [7, 11) is 1.57. The van der Waals surface area contributed by atoms with Crippen LogP contribution in [-0.2, 0) is 4.74 Å². The first-order valence-electron chi connectivity index (χ1n) is 5.51. The molecule has 0 bridgehead atoms. The van der Waals surface area contributed by atoms with Crippen LogP contribution >= 0.6 is 0 Å². The fourth-order valence-electron chi connectivity index (χ4n) is 1.57. The van der Waals surface area contributed by atoms with E-state index in [0.29, 0.717) is 35.9 Å². The van der Waals surface area contributed by atoms with Gasteiger partial charge in [-0.05, 0) is 19.1 Å². The third-order valence-electron chi connectivity index (χ3n) is 2.43. The zero-order chi connectivity index (χ0) is 13.0. The van der Waals surface area contributed by atoms with Gasteiger partial charge in [0.15, 0.2) is 5.76 Å². The highest BCUT2D eigenvalue weighted by atomic mass is 16.5. The van der Waals surface area contributed by atoms with Crippen molar-refractivity contribution < 1.29 is 18.5 Å². The van der Waals surface area contributed by atoms with Gasteiger partial charge in [0.05, 0.1) is 18.6 Å². The number of nitrogens with one attached hydrogen (secondary N) is 1. The van der Waals surface area contributed by atoms with Crippen molar-refractivity contribution in [2.75, 3.05) is 20.3 Å². The van der Waals surface area contributed by atoms with Gasteiger partial charge in [0, 0.05) is 13.7 Å². The minimum Gasteiger partial charge on any atom is -0.461 e. The predicted octanol–water partition coefficient (Wildman–Crippen LogP) is 1.62. The first-order valence-corrected chi connectivity index (χ1v) is 5.51. The van der Waals surface area contributed by atoms with Gasteiger partial charge in [0.1, 0.15) is 5.56 Å². The van der Waals surface area contributed by atoms with Crippen molar-refractivity contribution in [3.63, 3.8) is 0 Å². The van der Waals surface area contributed by atoms with E-state index in [4.69, 9.17) is 13.7 Å². The molecule has 0 aliphatic rings. The molecule has 2 heterocycles. The molecule has 0 fully saturated rings. The minimum atomic E-state index is -0.253. The van der Waals surface area contributed by atoms with Gasteiger partial charge in [-0.25, -0.2) is 0 Å². The highest BCUT2D eigenvalue weighted by Gasteiger charge is 2.22. The fraction of sp³-hybridized carbons (Fsp3) is 0.333. The van der Waals surface area contributed by atoms with Gasteiger partial charge in [0.25, 0.3) is 5.91 Å². The van der Waals surface area contributed by atoms with Crippen molar-refractivity contribution in [2.24, 2.45) is 0 Å². The average molecular weight is 250 g/mol. The summed E-state index contributed by atoms with van der Waals surface area (Å²) in [4.78, 5) is 12.0. The van der Waals surface area contributed by atoms with Gasteiger partial charge in [-0.3, -0.25) is 4.79 Å². The van der Waals surface area contributed by atoms with E-state index < -0.39 is 0 Å². The van der Waals surface area contributed by atoms with Gasteiger partial charge < -0.3 is 19.0 Å². The number of furan rings is 1. The van der Waals surface area contributed by atoms with E-state index in [0.717, 1.165) is 0 Å². The van der Waals surface area contributed by atoms with Gasteiger partial charge in [-0.2, -0.15) is 0 Å². The van der Waals surface area contributed by atoms with Crippen molar-refractivity contribution >= 4 is 5.91 Å². The van der Waals surface area contributed by atoms with Crippen molar-refractivity contribution in [3.8, 4) is 11.5 Å². The summed E-state index contributed by atoms with van der Waals surface area (Å²) in [6.07, 6.45) is 1.51. The van der Waals surface area contributed by atoms with Crippen LogP contribution in [0.4, 0.5) is 0 Å². The lowest BCUT2D eigenvalue weighted by molar-refractivity contribution is 0.0936. The standard InChI is InChI=1S/C12H14N2O4/c1-8-10(12(15)13-5-7-16-2)11(18-14-8)9-4-3-6-17-9/h3-4,6H,5,7H2,1-2H3,(H,13,15). The lowest BCUT2D eigenvalue weighted by Gasteiger charge is -2.03. The first-order chi connectivity index (χ1) is 8.74. The molecule has 18 heavy (non-hydrogen) atoms. The Balaban J connectivity index is 2.22. The number of carbonyl (C=O) groups excluding carboxylic acids is 1. The number of carbonyl (C=O) groups is 1. The monoisotopic (exact) mass is 250 g/mol. The summed E-state index contributed by atoms with van der Waals surface area (Å²) in [5.41, 5.74) is 0.914. The second-order valence-electron chi connectivity index (χ2n) is 3.70. The number of rotatable bonds is 5. The van der Waals surface area contributed by atoms with Crippen LogP contribution in [0.3, 0.4) is 0 Å². The molecule has 0 spiro atoms. The van der Waals surface area contributed by atoms with Crippen LogP contribution in [0.5, 0.6) is 0 Å². The Morgan fingerprint density at radius 3 is 3.06 bits per heavy atom. The van der Waals surface area contributed by atoms with Crippen LogP contribution < -0.4 is 5.32 Å². The maximum Gasteiger partial charge on any atom is 0.257 e. The molecule has 1 N–H and O–H groups in total. The molecule has 0 aromatic carbocycles. The second kappa shape index (κ2) is 5.50. The summed E-state index contributed by atoms with van der Waals surface area (Å²) in [6, 6.07) is 3.44. The Kier molecular flexibility index (Phi) is 3.78. The number of amides is 1. The number of nitrogens with zero attached hydrogens (tertiary/aromatic N) is 1. The minimum absolute atomic E-state index is 0.253. The average Bonchev–Trinajstić information content (AvgIpc) is 2.97. The van der Waals surface area contributed by atoms with Crippen LogP contribution in [0.25, 0.3) is 11.5 Å². The van der Waals surface area contributed by atoms with Crippen LogP contribution in [0.1, 0.15) is 16.1 Å². The topological polar surface area (TPSA) is 77.5 Å². The number of ether oxygens (including phenoxy) is 1. The van der Waals surface area contributed by atoms with Crippen molar-refractivity contribution in [3.05, 3.63) is 29.7 Å². The molecule has 0 atom stereocenters. The van der Waals surface area contributed by atoms with Gasteiger partial charge in [-0.15, -0.1) is 0 Å². The van der Waals surface area contributed by atoms with E-state index >= 15 is 0 Å². The van der Waals surface area contributed by atoms with E-state index in [1.807, 2.05) is 0 Å². The largest absolute Gasteiger partial charge is 0.461 e. The summed E-state index contributed by atoms with van der Waals surface area (Å²) in [6.45, 7) is 2.59. The molecule has 0 aliphatic carbocycles. The maximum absolute atomic E-state index is 12.0. The van der Waals surface area contributed by atoms with E-state index in [2.05, 4.69) is 10.5 Å². The summed E-state index contributed by atoms with van der Waals surface area (Å²) >= 11 is 0. The molecule has 2 rings (SSSR count). The SMILES string of the molecule is COCCNC(=O)c1c(C)noc1-c1ccco1. The first kappa shape index (κ1) is 12.4. The smallest absolute Gasteiger partial charge is 0.257 e. The summed E-state index contributed by atoms with van der Waals surface area (Å²) in [5.74, 6) is 0.567. The highest BCUT2D eigenvalue weighted by Crippen LogP contribution is 2.26. The molecule has 0 saturated heterocycles. The summed E-state index contributed by atoms with van der Waals surface area (Å²) < 4.78 is 15.2. The van der Waals surface area contributed by atoms with E-state index in [1.54, 1.807) is 26.2 Å². The van der Waals surface area contributed by atoms with E-state index in [1.165, 1.54) is 6.26 Å². The molecule has 2 aromatic heterocycles. The Labute approximate surface area is 104 Å². The second-order valence-corrected chi connectivity index (χ2v) is 3.70. The Bertz CT molecular complexity index is 516. The Hall–Kier alpha value is -2.08. The van der Waals surface area contributed by atoms with Crippen molar-refractivity contribution in [1.82, 2.24) is 10.5 Å². The maximum atomic E-state index is 12.0. The zero-order valence-corrected chi connectivity index (χ0v) is 10.2. The molecule has 0 unspecified atom stereocenters. The van der Waals surface area contributed by atoms with Crippen molar-refractivity contribution in [2.45, 2.75) is 6.92 Å². The van der Waals surface area contributed by atoms with Crippen molar-refractivity contribution in [1.29, 1.82) is 0 Å². The molecule has 0 saturated carbocycles. The predicted molar refractivity (Wildman–Crippen MR) is 63.2 cm³/mol. The quantitative estimate of drug-likeness (QED) is 0.816. The molecule has 0 aliphatic heterocycles. The number of hydrogen-bond donors (Lipinski definition) is 1. The lowest BCUT2D eigenvalue weighted by atomic mass is 10.1. The molecular formula is C12H14N2O4. The Morgan fingerprint density at radius 2 is 2.39 bits per heavy atom. The molecular weight excluding hydrogens is 236 g/mol. The number of aryl methyl sites for hydroxylation is 1. The van der Waals surface area contributed by atoms with Crippen LogP contribution in [0, 0.1) is 6.92 Å². The van der Waals surface area contributed by atoms with E-state index in [9.17, 15) is 4.79 Å². The third kappa shape index (κ3) is 2.43. The molecule has 6 nitrogen and oxygen atoms in total. The highest BCUT2D eigenvalue weighted by molar-refractivity contribution is 6.00. The van der Waals surface area contributed by atoms with Gasteiger partial charge in [-0.1, -0.05) is 5.16 Å². The van der Waals surface area contributed by atoms with Gasteiger partial charge in [0.2, 0.25) is 5.76 Å². The fourth-order valence-corrected chi connectivity index (χ4v) is 1.57.